The van der Waals surface area contributed by atoms with Crippen molar-refractivity contribution in [3.05, 3.63) is 36.3 Å². The lowest BCUT2D eigenvalue weighted by atomic mass is 9.78. The number of sulfonamides is 1. The fraction of sp³-hybridized carbons (Fsp3) is 0.565. The number of hydrogen-bond acceptors (Lipinski definition) is 4. The van der Waals surface area contributed by atoms with Gasteiger partial charge in [-0.3, -0.25) is 0 Å². The Kier molecular flexibility index (Phi) is 5.84. The average Bonchev–Trinajstić information content (AvgIpc) is 3.28. The highest BCUT2D eigenvalue weighted by molar-refractivity contribution is 7.89. The number of nitrogens with zero attached hydrogens (tertiary/aromatic N) is 3. The molecule has 5 rings (SSSR count). The van der Waals surface area contributed by atoms with Crippen LogP contribution < -0.4 is 0 Å². The van der Waals surface area contributed by atoms with Crippen LogP contribution in [-0.2, 0) is 10.0 Å². The summed E-state index contributed by atoms with van der Waals surface area (Å²) in [6, 6.07) is 4.05. The van der Waals surface area contributed by atoms with Crippen molar-refractivity contribution in [3.63, 3.8) is 0 Å². The van der Waals surface area contributed by atoms with Gasteiger partial charge in [0.25, 0.3) is 0 Å². The number of pyridine rings is 2. The fourth-order valence-corrected chi connectivity index (χ4v) is 7.48. The standard InChI is InChI=1S/C23H27F3N4O2S/c24-23(25,26)17-2-1-11-30(13-17)33(31,32)14-15-3-5-16(6-4-15)18-7-9-27-20-12-29-22-19(21(18)20)8-10-28-22/h7-10,12,15-17,27H,1-6,11,13-14H2. The van der Waals surface area contributed by atoms with Crippen molar-refractivity contribution in [3.8, 4) is 0 Å². The second kappa shape index (κ2) is 8.54. The first-order valence-corrected chi connectivity index (χ1v) is 13.1. The van der Waals surface area contributed by atoms with E-state index in [0.29, 0.717) is 11.6 Å². The summed E-state index contributed by atoms with van der Waals surface area (Å²) in [5, 5.41) is 2.12. The van der Waals surface area contributed by atoms with Crippen molar-refractivity contribution in [2.24, 2.45) is 11.8 Å². The number of aromatic nitrogens is 3. The number of H-pyrrole nitrogens is 1. The van der Waals surface area contributed by atoms with Crippen LogP contribution in [0.3, 0.4) is 0 Å². The van der Waals surface area contributed by atoms with Crippen LogP contribution in [0.5, 0.6) is 0 Å². The highest BCUT2D eigenvalue weighted by Gasteiger charge is 2.44. The molecule has 3 aromatic rings. The van der Waals surface area contributed by atoms with Crippen LogP contribution in [0.15, 0.2) is 30.7 Å². The number of halogens is 3. The third-order valence-corrected chi connectivity index (χ3v) is 9.31. The molecular formula is C23H27F3N4O2S. The lowest BCUT2D eigenvalue weighted by Gasteiger charge is -2.35. The Balaban J connectivity index is 1.28. The quantitative estimate of drug-likeness (QED) is 0.571. The number of piperidine rings is 1. The number of alkyl halides is 3. The summed E-state index contributed by atoms with van der Waals surface area (Å²) in [4.78, 5) is 11.9. The average molecular weight is 481 g/mol. The molecule has 1 aliphatic carbocycles. The maximum absolute atomic E-state index is 13.1. The molecule has 0 aromatic carbocycles. The van der Waals surface area contributed by atoms with Gasteiger partial charge in [0.05, 0.1) is 23.4 Å². The van der Waals surface area contributed by atoms with E-state index in [1.807, 2.05) is 12.3 Å². The summed E-state index contributed by atoms with van der Waals surface area (Å²) in [6.07, 6.45) is 4.55. The molecule has 2 fully saturated rings. The van der Waals surface area contributed by atoms with Crippen molar-refractivity contribution >= 4 is 32.0 Å². The highest BCUT2D eigenvalue weighted by atomic mass is 32.2. The summed E-state index contributed by atoms with van der Waals surface area (Å²) in [5.41, 5.74) is 2.87. The third-order valence-electron chi connectivity index (χ3n) is 7.30. The molecule has 1 saturated heterocycles. The highest BCUT2D eigenvalue weighted by Crippen LogP contribution is 2.41. The van der Waals surface area contributed by atoms with Crippen LogP contribution in [0.1, 0.15) is 50.0 Å². The van der Waals surface area contributed by atoms with Crippen LogP contribution in [0.4, 0.5) is 13.2 Å². The zero-order chi connectivity index (χ0) is 23.2. The summed E-state index contributed by atoms with van der Waals surface area (Å²) < 4.78 is 66.3. The first-order chi connectivity index (χ1) is 15.7. The van der Waals surface area contributed by atoms with E-state index in [0.717, 1.165) is 46.3 Å². The fourth-order valence-electron chi connectivity index (χ4n) is 5.53. The van der Waals surface area contributed by atoms with Gasteiger partial charge in [0.1, 0.15) is 0 Å². The van der Waals surface area contributed by atoms with Crippen molar-refractivity contribution < 1.29 is 21.6 Å². The molecular weight excluding hydrogens is 453 g/mol. The predicted molar refractivity (Wildman–Crippen MR) is 120 cm³/mol. The molecule has 6 nitrogen and oxygen atoms in total. The first-order valence-electron chi connectivity index (χ1n) is 11.5. The molecule has 1 atom stereocenters. The maximum atomic E-state index is 13.1. The Morgan fingerprint density at radius 1 is 1.09 bits per heavy atom. The molecule has 0 amide bonds. The van der Waals surface area contributed by atoms with Gasteiger partial charge in [-0.15, -0.1) is 0 Å². The van der Waals surface area contributed by atoms with Gasteiger partial charge < -0.3 is 4.98 Å². The summed E-state index contributed by atoms with van der Waals surface area (Å²) in [6.45, 7) is -0.250. The molecule has 1 N–H and O–H groups in total. The zero-order valence-electron chi connectivity index (χ0n) is 18.2. The minimum atomic E-state index is -4.35. The first kappa shape index (κ1) is 22.6. The minimum Gasteiger partial charge on any atom is -0.360 e. The summed E-state index contributed by atoms with van der Waals surface area (Å²) in [5.74, 6) is -1.35. The number of aromatic amines is 1. The summed E-state index contributed by atoms with van der Waals surface area (Å²) >= 11 is 0. The lowest BCUT2D eigenvalue weighted by Crippen LogP contribution is -2.46. The number of rotatable bonds is 4. The van der Waals surface area contributed by atoms with E-state index in [9.17, 15) is 21.6 Å². The van der Waals surface area contributed by atoms with Crippen LogP contribution in [-0.4, -0.2) is 52.7 Å². The molecule has 0 spiro atoms. The number of fused-ring (bicyclic) bond motifs is 3. The second-order valence-electron chi connectivity index (χ2n) is 9.40. The van der Waals surface area contributed by atoms with Crippen LogP contribution in [0, 0.1) is 11.8 Å². The Labute approximate surface area is 190 Å². The number of hydrogen-bond donors (Lipinski definition) is 1. The van der Waals surface area contributed by atoms with E-state index in [-0.39, 0.29) is 31.1 Å². The topological polar surface area (TPSA) is 79.0 Å². The molecule has 33 heavy (non-hydrogen) atoms. The van der Waals surface area contributed by atoms with Gasteiger partial charge in [0.2, 0.25) is 10.0 Å². The van der Waals surface area contributed by atoms with Gasteiger partial charge in [0.15, 0.2) is 5.65 Å². The van der Waals surface area contributed by atoms with Gasteiger partial charge in [-0.25, -0.2) is 22.7 Å². The van der Waals surface area contributed by atoms with E-state index >= 15 is 0 Å². The third kappa shape index (κ3) is 4.47. The van der Waals surface area contributed by atoms with Crippen molar-refractivity contribution in [1.29, 1.82) is 0 Å². The maximum Gasteiger partial charge on any atom is 0.393 e. The smallest absolute Gasteiger partial charge is 0.360 e. The number of nitrogens with one attached hydrogen (secondary N) is 1. The Bertz CT molecular complexity index is 1250. The molecule has 2 aliphatic rings. The van der Waals surface area contributed by atoms with Crippen molar-refractivity contribution in [2.45, 2.75) is 50.6 Å². The normalized spacial score (nSPS) is 25.6. The zero-order valence-corrected chi connectivity index (χ0v) is 19.0. The van der Waals surface area contributed by atoms with E-state index in [1.54, 1.807) is 12.4 Å². The second-order valence-corrected chi connectivity index (χ2v) is 11.4. The van der Waals surface area contributed by atoms with Gasteiger partial charge in [-0.05, 0) is 68.1 Å². The van der Waals surface area contributed by atoms with Crippen LogP contribution in [0.25, 0.3) is 21.9 Å². The van der Waals surface area contributed by atoms with Gasteiger partial charge in [-0.2, -0.15) is 13.2 Å². The van der Waals surface area contributed by atoms with Crippen LogP contribution in [0.2, 0.25) is 0 Å². The molecule has 4 heterocycles. The van der Waals surface area contributed by atoms with E-state index < -0.39 is 28.7 Å². The van der Waals surface area contributed by atoms with E-state index in [1.165, 1.54) is 5.56 Å². The molecule has 10 heteroatoms. The molecule has 178 valence electrons. The Hall–Kier alpha value is -2.20. The SMILES string of the molecule is O=S(=O)(CC1CCC(c2cc[nH]c3cnc4nccc4c23)CC1)N1CCCC(C(F)(F)F)C1. The molecule has 0 radical (unpaired) electrons. The van der Waals surface area contributed by atoms with Gasteiger partial charge in [-0.1, -0.05) is 0 Å². The van der Waals surface area contributed by atoms with Crippen molar-refractivity contribution in [1.82, 2.24) is 19.3 Å². The minimum absolute atomic E-state index is 0.00474. The predicted octanol–water partition coefficient (Wildman–Crippen LogP) is 4.99. The molecule has 1 unspecified atom stereocenters. The Morgan fingerprint density at radius 3 is 2.64 bits per heavy atom. The monoisotopic (exact) mass is 480 g/mol. The van der Waals surface area contributed by atoms with Crippen molar-refractivity contribution in [2.75, 3.05) is 18.8 Å². The summed E-state index contributed by atoms with van der Waals surface area (Å²) in [7, 11) is -3.70. The van der Waals surface area contributed by atoms with Crippen LogP contribution >= 0.6 is 0 Å². The molecule has 3 aromatic heterocycles. The van der Waals surface area contributed by atoms with Gasteiger partial charge >= 0.3 is 6.18 Å². The molecule has 0 bridgehead atoms. The largest absolute Gasteiger partial charge is 0.393 e. The molecule has 1 saturated carbocycles. The van der Waals surface area contributed by atoms with E-state index in [2.05, 4.69) is 21.0 Å². The van der Waals surface area contributed by atoms with Gasteiger partial charge in [0, 0.05) is 36.3 Å². The molecule has 1 aliphatic heterocycles. The van der Waals surface area contributed by atoms with E-state index in [4.69, 9.17) is 0 Å². The Morgan fingerprint density at radius 2 is 1.88 bits per heavy atom. The lowest BCUT2D eigenvalue weighted by molar-refractivity contribution is -0.182.